The molecule has 1 aliphatic heterocycles. The van der Waals surface area contributed by atoms with Gasteiger partial charge in [-0.1, -0.05) is 12.1 Å². The number of carbonyl (C=O) groups excluding carboxylic acids is 3. The summed E-state index contributed by atoms with van der Waals surface area (Å²) in [4.78, 5) is 39.2. The van der Waals surface area contributed by atoms with Crippen LogP contribution in [0.4, 0.5) is 5.00 Å². The van der Waals surface area contributed by atoms with Gasteiger partial charge in [-0.2, -0.15) is 5.26 Å². The Balaban J connectivity index is 1.83. The maximum atomic E-state index is 13.0. The quantitative estimate of drug-likeness (QED) is 0.653. The van der Waals surface area contributed by atoms with E-state index in [1.165, 1.54) is 29.5 Å². The van der Waals surface area contributed by atoms with Crippen molar-refractivity contribution in [1.82, 2.24) is 0 Å². The maximum absolute atomic E-state index is 13.0. The summed E-state index contributed by atoms with van der Waals surface area (Å²) in [5.74, 6) is -1.14. The molecule has 0 aliphatic carbocycles. The molecule has 1 aromatic heterocycles. The van der Waals surface area contributed by atoms with E-state index in [0.717, 1.165) is 15.3 Å². The second-order valence-electron chi connectivity index (χ2n) is 6.62. The van der Waals surface area contributed by atoms with Gasteiger partial charge in [-0.3, -0.25) is 14.4 Å². The molecule has 2 aromatic carbocycles. The van der Waals surface area contributed by atoms with Crippen LogP contribution in [0, 0.1) is 18.3 Å². The van der Waals surface area contributed by atoms with Gasteiger partial charge in [-0.25, -0.2) is 4.90 Å². The molecule has 0 saturated carbocycles. The number of imide groups is 1. The zero-order valence-corrected chi connectivity index (χ0v) is 16.9. The van der Waals surface area contributed by atoms with Crippen molar-refractivity contribution in [2.75, 3.05) is 12.0 Å². The maximum Gasteiger partial charge on any atom is 0.266 e. The van der Waals surface area contributed by atoms with Crippen LogP contribution in [0.3, 0.4) is 0 Å². The highest BCUT2D eigenvalue weighted by molar-refractivity contribution is 7.17. The molecule has 3 amide bonds. The number of benzene rings is 2. The van der Waals surface area contributed by atoms with Gasteiger partial charge in [-0.15, -0.1) is 11.3 Å². The van der Waals surface area contributed by atoms with E-state index < -0.39 is 17.7 Å². The predicted molar refractivity (Wildman–Crippen MR) is 112 cm³/mol. The first-order chi connectivity index (χ1) is 14.4. The van der Waals surface area contributed by atoms with Crippen LogP contribution in [-0.4, -0.2) is 24.8 Å². The number of amides is 3. The lowest BCUT2D eigenvalue weighted by molar-refractivity contribution is 0.0926. The van der Waals surface area contributed by atoms with E-state index >= 15 is 0 Å². The number of nitrogens with two attached hydrogens (primary N) is 1. The molecule has 3 aromatic rings. The molecule has 0 unspecified atom stereocenters. The molecule has 2 heterocycles. The summed E-state index contributed by atoms with van der Waals surface area (Å²) in [6, 6.07) is 13.5. The first kappa shape index (κ1) is 19.4. The fourth-order valence-corrected chi connectivity index (χ4v) is 4.59. The largest absolute Gasteiger partial charge is 0.497 e. The van der Waals surface area contributed by atoms with Crippen molar-refractivity contribution >= 4 is 34.1 Å². The molecular weight excluding hydrogens is 402 g/mol. The van der Waals surface area contributed by atoms with Crippen LogP contribution >= 0.6 is 11.3 Å². The summed E-state index contributed by atoms with van der Waals surface area (Å²) < 4.78 is 5.18. The van der Waals surface area contributed by atoms with Crippen molar-refractivity contribution in [1.29, 1.82) is 5.26 Å². The number of ether oxygens (including phenoxy) is 1. The van der Waals surface area contributed by atoms with E-state index in [4.69, 9.17) is 10.5 Å². The van der Waals surface area contributed by atoms with E-state index in [1.807, 2.05) is 19.1 Å². The van der Waals surface area contributed by atoms with Gasteiger partial charge in [0.15, 0.2) is 0 Å². The van der Waals surface area contributed by atoms with Crippen LogP contribution < -0.4 is 15.4 Å². The minimum absolute atomic E-state index is 0.0947. The van der Waals surface area contributed by atoms with Crippen LogP contribution in [0.15, 0.2) is 42.5 Å². The SMILES string of the molecule is COc1ccc(-c2c(C)sc(N3C(=O)c4ccc(C(N)=O)cc4C3=O)c2C#N)cc1. The molecule has 148 valence electrons. The van der Waals surface area contributed by atoms with Crippen molar-refractivity contribution in [3.8, 4) is 22.9 Å². The predicted octanol–water partition coefficient (Wildman–Crippen LogP) is 3.50. The zero-order valence-electron chi connectivity index (χ0n) is 16.1. The molecule has 0 saturated heterocycles. The first-order valence-corrected chi connectivity index (χ1v) is 9.69. The highest BCUT2D eigenvalue weighted by Gasteiger charge is 2.40. The van der Waals surface area contributed by atoms with Crippen LogP contribution in [0.25, 0.3) is 11.1 Å². The van der Waals surface area contributed by atoms with E-state index in [2.05, 4.69) is 6.07 Å². The molecule has 1 aliphatic rings. The lowest BCUT2D eigenvalue weighted by atomic mass is 10.0. The van der Waals surface area contributed by atoms with Crippen molar-refractivity contribution in [3.05, 3.63) is 69.6 Å². The molecule has 0 fully saturated rings. The smallest absolute Gasteiger partial charge is 0.266 e. The number of carbonyl (C=O) groups is 3. The molecule has 0 atom stereocenters. The van der Waals surface area contributed by atoms with Crippen molar-refractivity contribution in [3.63, 3.8) is 0 Å². The van der Waals surface area contributed by atoms with E-state index in [1.54, 1.807) is 19.2 Å². The Kier molecular flexibility index (Phi) is 4.60. The Morgan fingerprint density at radius 2 is 1.77 bits per heavy atom. The van der Waals surface area contributed by atoms with Gasteiger partial charge < -0.3 is 10.5 Å². The third kappa shape index (κ3) is 2.84. The molecular formula is C22H15N3O4S. The summed E-state index contributed by atoms with van der Waals surface area (Å²) in [7, 11) is 1.57. The van der Waals surface area contributed by atoms with Gasteiger partial charge in [0.25, 0.3) is 11.8 Å². The number of methoxy groups -OCH3 is 1. The minimum Gasteiger partial charge on any atom is -0.497 e. The Labute approximate surface area is 175 Å². The summed E-state index contributed by atoms with van der Waals surface area (Å²) in [5, 5.41) is 10.1. The number of anilines is 1. The van der Waals surface area contributed by atoms with Gasteiger partial charge in [0.2, 0.25) is 5.91 Å². The van der Waals surface area contributed by atoms with E-state index in [0.29, 0.717) is 11.3 Å². The number of fused-ring (bicyclic) bond motifs is 1. The molecule has 2 N–H and O–H groups in total. The topological polar surface area (TPSA) is 113 Å². The number of hydrogen-bond donors (Lipinski definition) is 1. The van der Waals surface area contributed by atoms with Gasteiger partial charge in [0.1, 0.15) is 16.8 Å². The Morgan fingerprint density at radius 1 is 1.10 bits per heavy atom. The van der Waals surface area contributed by atoms with Crippen LogP contribution in [0.1, 0.15) is 41.5 Å². The van der Waals surface area contributed by atoms with Crippen LogP contribution in [-0.2, 0) is 0 Å². The van der Waals surface area contributed by atoms with Crippen LogP contribution in [0.2, 0.25) is 0 Å². The highest BCUT2D eigenvalue weighted by Crippen LogP contribution is 2.44. The lowest BCUT2D eigenvalue weighted by Gasteiger charge is -2.12. The number of nitriles is 1. The summed E-state index contributed by atoms with van der Waals surface area (Å²) in [6.07, 6.45) is 0. The second-order valence-corrected chi connectivity index (χ2v) is 7.83. The number of aryl methyl sites for hydroxylation is 1. The fraction of sp³-hybridized carbons (Fsp3) is 0.0909. The van der Waals surface area contributed by atoms with E-state index in [-0.39, 0.29) is 27.3 Å². The Hall–Kier alpha value is -3.96. The van der Waals surface area contributed by atoms with Gasteiger partial charge in [-0.05, 0) is 42.8 Å². The number of hydrogen-bond acceptors (Lipinski definition) is 6. The molecule has 7 nitrogen and oxygen atoms in total. The summed E-state index contributed by atoms with van der Waals surface area (Å²) in [5.41, 5.74) is 7.38. The lowest BCUT2D eigenvalue weighted by Crippen LogP contribution is -2.29. The Bertz CT molecular complexity index is 1270. The second kappa shape index (κ2) is 7.13. The first-order valence-electron chi connectivity index (χ1n) is 8.88. The summed E-state index contributed by atoms with van der Waals surface area (Å²) >= 11 is 1.20. The highest BCUT2D eigenvalue weighted by atomic mass is 32.1. The standard InChI is InChI=1S/C22H15N3O4S/c1-11-18(12-3-6-14(29-2)7-4-12)17(10-23)22(30-11)25-20(27)15-8-5-13(19(24)26)9-16(15)21(25)28/h3-9H,1-2H3,(H2,24,26). The van der Waals surface area contributed by atoms with Gasteiger partial charge in [0, 0.05) is 16.0 Å². The minimum atomic E-state index is -0.692. The van der Waals surface area contributed by atoms with Crippen molar-refractivity contribution < 1.29 is 19.1 Å². The van der Waals surface area contributed by atoms with Crippen molar-refractivity contribution in [2.45, 2.75) is 6.92 Å². The third-order valence-corrected chi connectivity index (χ3v) is 6.02. The third-order valence-electron chi connectivity index (χ3n) is 4.93. The molecule has 4 rings (SSSR count). The van der Waals surface area contributed by atoms with Gasteiger partial charge in [0.05, 0.1) is 23.8 Å². The molecule has 0 spiro atoms. The Morgan fingerprint density at radius 3 is 2.37 bits per heavy atom. The molecule has 0 bridgehead atoms. The number of nitrogens with zero attached hydrogens (tertiary/aromatic N) is 2. The molecule has 30 heavy (non-hydrogen) atoms. The molecule has 8 heteroatoms. The number of rotatable bonds is 4. The number of primary amides is 1. The zero-order chi connectivity index (χ0) is 21.6. The number of thiophene rings is 1. The van der Waals surface area contributed by atoms with Gasteiger partial charge >= 0.3 is 0 Å². The average Bonchev–Trinajstić information content (AvgIpc) is 3.20. The summed E-state index contributed by atoms with van der Waals surface area (Å²) in [6.45, 7) is 1.83. The monoisotopic (exact) mass is 417 g/mol. The van der Waals surface area contributed by atoms with E-state index in [9.17, 15) is 19.6 Å². The molecule has 0 radical (unpaired) electrons. The van der Waals surface area contributed by atoms with Crippen molar-refractivity contribution in [2.24, 2.45) is 5.73 Å². The average molecular weight is 417 g/mol. The van der Waals surface area contributed by atoms with Crippen LogP contribution in [0.5, 0.6) is 5.75 Å². The fourth-order valence-electron chi connectivity index (χ4n) is 3.48. The normalized spacial score (nSPS) is 12.6.